The first-order chi connectivity index (χ1) is 11.1. The van der Waals surface area contributed by atoms with Crippen LogP contribution in [-0.2, 0) is 9.59 Å². The first kappa shape index (κ1) is 15.2. The SMILES string of the molecule is NCC(=O)N1CC(c2ncc(-c3ccccc3)[nH]2)CC1C(=O)O. The highest BCUT2D eigenvalue weighted by Gasteiger charge is 2.40. The summed E-state index contributed by atoms with van der Waals surface area (Å²) in [5.41, 5.74) is 7.25. The molecule has 120 valence electrons. The first-order valence-electron chi connectivity index (χ1n) is 7.42. The van der Waals surface area contributed by atoms with E-state index in [0.29, 0.717) is 18.8 Å². The molecular weight excluding hydrogens is 296 g/mol. The fraction of sp³-hybridized carbons (Fsp3) is 0.312. The van der Waals surface area contributed by atoms with Crippen LogP contribution in [0.4, 0.5) is 0 Å². The van der Waals surface area contributed by atoms with E-state index in [1.54, 1.807) is 6.20 Å². The Labute approximate surface area is 133 Å². The van der Waals surface area contributed by atoms with Crippen LogP contribution in [-0.4, -0.2) is 51.0 Å². The fourth-order valence-electron chi connectivity index (χ4n) is 2.97. The zero-order valence-electron chi connectivity index (χ0n) is 12.5. The molecule has 2 heterocycles. The van der Waals surface area contributed by atoms with Gasteiger partial charge in [-0.1, -0.05) is 30.3 Å². The number of nitrogens with one attached hydrogen (secondary N) is 1. The van der Waals surface area contributed by atoms with E-state index >= 15 is 0 Å². The normalized spacial score (nSPS) is 20.7. The summed E-state index contributed by atoms with van der Waals surface area (Å²) in [6.45, 7) is 0.124. The smallest absolute Gasteiger partial charge is 0.326 e. The Hall–Kier alpha value is -2.67. The Kier molecular flexibility index (Phi) is 4.12. The van der Waals surface area contributed by atoms with Gasteiger partial charge in [0.25, 0.3) is 0 Å². The topological polar surface area (TPSA) is 112 Å². The molecule has 1 aliphatic rings. The van der Waals surface area contributed by atoms with Gasteiger partial charge in [-0.2, -0.15) is 0 Å². The number of carboxylic acids is 1. The third kappa shape index (κ3) is 2.95. The Bertz CT molecular complexity index is 713. The van der Waals surface area contributed by atoms with Gasteiger partial charge in [-0.15, -0.1) is 0 Å². The monoisotopic (exact) mass is 314 g/mol. The minimum atomic E-state index is -1.01. The zero-order valence-corrected chi connectivity index (χ0v) is 12.5. The van der Waals surface area contributed by atoms with E-state index in [-0.39, 0.29) is 18.4 Å². The molecule has 0 saturated carbocycles. The van der Waals surface area contributed by atoms with Crippen molar-refractivity contribution in [2.24, 2.45) is 5.73 Å². The predicted octanol–water partition coefficient (Wildman–Crippen LogP) is 0.804. The maximum atomic E-state index is 11.8. The lowest BCUT2D eigenvalue weighted by Crippen LogP contribution is -2.43. The summed E-state index contributed by atoms with van der Waals surface area (Å²) in [5.74, 6) is -0.801. The number of nitrogens with zero attached hydrogens (tertiary/aromatic N) is 2. The maximum absolute atomic E-state index is 11.8. The number of carbonyl (C=O) groups is 2. The molecule has 0 bridgehead atoms. The van der Waals surface area contributed by atoms with Gasteiger partial charge >= 0.3 is 5.97 Å². The maximum Gasteiger partial charge on any atom is 0.326 e. The van der Waals surface area contributed by atoms with Crippen LogP contribution in [0.2, 0.25) is 0 Å². The second kappa shape index (κ2) is 6.21. The summed E-state index contributed by atoms with van der Waals surface area (Å²) < 4.78 is 0. The lowest BCUT2D eigenvalue weighted by Gasteiger charge is -2.20. The Morgan fingerprint density at radius 2 is 2.09 bits per heavy atom. The molecule has 1 aromatic heterocycles. The molecule has 1 aromatic carbocycles. The fourth-order valence-corrected chi connectivity index (χ4v) is 2.97. The number of benzene rings is 1. The number of carbonyl (C=O) groups excluding carboxylic acids is 1. The summed E-state index contributed by atoms with van der Waals surface area (Å²) in [6.07, 6.45) is 2.07. The van der Waals surface area contributed by atoms with E-state index in [1.165, 1.54) is 4.90 Å². The van der Waals surface area contributed by atoms with E-state index in [0.717, 1.165) is 11.3 Å². The van der Waals surface area contributed by atoms with Gasteiger partial charge in [-0.3, -0.25) is 4.79 Å². The number of carboxylic acid groups (broad SMARTS) is 1. The minimum Gasteiger partial charge on any atom is -0.480 e. The summed E-state index contributed by atoms with van der Waals surface area (Å²) in [5, 5.41) is 9.31. The van der Waals surface area contributed by atoms with Gasteiger partial charge in [0.1, 0.15) is 11.9 Å². The molecule has 1 saturated heterocycles. The molecule has 4 N–H and O–H groups in total. The molecule has 2 unspecified atom stereocenters. The molecule has 23 heavy (non-hydrogen) atoms. The van der Waals surface area contributed by atoms with Gasteiger partial charge in [-0.05, 0) is 12.0 Å². The van der Waals surface area contributed by atoms with Crippen molar-refractivity contribution in [1.82, 2.24) is 14.9 Å². The summed E-state index contributed by atoms with van der Waals surface area (Å²) >= 11 is 0. The lowest BCUT2D eigenvalue weighted by atomic mass is 10.1. The van der Waals surface area contributed by atoms with E-state index < -0.39 is 12.0 Å². The number of H-pyrrole nitrogens is 1. The molecule has 1 amide bonds. The van der Waals surface area contributed by atoms with Crippen molar-refractivity contribution in [2.75, 3.05) is 13.1 Å². The van der Waals surface area contributed by atoms with Gasteiger partial charge in [-0.25, -0.2) is 9.78 Å². The summed E-state index contributed by atoms with van der Waals surface area (Å²) in [6, 6.07) is 8.90. The molecule has 3 rings (SSSR count). The Balaban J connectivity index is 1.82. The number of imidazole rings is 1. The third-order valence-corrected chi connectivity index (χ3v) is 4.15. The second-order valence-corrected chi connectivity index (χ2v) is 5.59. The number of aliphatic carboxylic acids is 1. The van der Waals surface area contributed by atoms with Crippen LogP contribution in [0, 0.1) is 0 Å². The highest BCUT2D eigenvalue weighted by molar-refractivity contribution is 5.85. The van der Waals surface area contributed by atoms with Gasteiger partial charge in [0, 0.05) is 12.5 Å². The average molecular weight is 314 g/mol. The summed E-state index contributed by atoms with van der Waals surface area (Å²) in [7, 11) is 0. The molecular formula is C16H18N4O3. The van der Waals surface area contributed by atoms with Crippen molar-refractivity contribution in [2.45, 2.75) is 18.4 Å². The number of nitrogens with two attached hydrogens (primary N) is 1. The van der Waals surface area contributed by atoms with Crippen LogP contribution < -0.4 is 5.73 Å². The van der Waals surface area contributed by atoms with Crippen LogP contribution in [0.3, 0.4) is 0 Å². The molecule has 0 radical (unpaired) electrons. The van der Waals surface area contributed by atoms with E-state index in [2.05, 4.69) is 9.97 Å². The van der Waals surface area contributed by atoms with Gasteiger partial charge in [0.2, 0.25) is 5.91 Å². The van der Waals surface area contributed by atoms with Crippen molar-refractivity contribution in [3.63, 3.8) is 0 Å². The molecule has 2 aromatic rings. The Morgan fingerprint density at radius 1 is 1.35 bits per heavy atom. The van der Waals surface area contributed by atoms with E-state index in [9.17, 15) is 14.7 Å². The highest BCUT2D eigenvalue weighted by Crippen LogP contribution is 2.31. The van der Waals surface area contributed by atoms with Crippen molar-refractivity contribution < 1.29 is 14.7 Å². The standard InChI is InChI=1S/C16H18N4O3/c17-7-14(21)20-9-11(6-13(20)16(22)23)15-18-8-12(19-15)10-4-2-1-3-5-10/h1-5,8,11,13H,6-7,9,17H2,(H,18,19)(H,22,23). The average Bonchev–Trinajstić information content (AvgIpc) is 3.21. The number of hydrogen-bond acceptors (Lipinski definition) is 4. The third-order valence-electron chi connectivity index (χ3n) is 4.15. The van der Waals surface area contributed by atoms with E-state index in [1.807, 2.05) is 30.3 Å². The quantitative estimate of drug-likeness (QED) is 0.773. The van der Waals surface area contributed by atoms with Gasteiger partial charge in [0.15, 0.2) is 0 Å². The summed E-state index contributed by atoms with van der Waals surface area (Å²) in [4.78, 5) is 32.1. The predicted molar refractivity (Wildman–Crippen MR) is 83.6 cm³/mol. The second-order valence-electron chi connectivity index (χ2n) is 5.59. The van der Waals surface area contributed by atoms with Crippen LogP contribution in [0.15, 0.2) is 36.5 Å². The minimum absolute atomic E-state index is 0.135. The largest absolute Gasteiger partial charge is 0.480 e. The molecule has 7 heteroatoms. The highest BCUT2D eigenvalue weighted by atomic mass is 16.4. The molecule has 1 aliphatic heterocycles. The van der Waals surface area contributed by atoms with Crippen molar-refractivity contribution in [3.05, 3.63) is 42.4 Å². The Morgan fingerprint density at radius 3 is 2.74 bits per heavy atom. The number of amides is 1. The number of hydrogen-bond donors (Lipinski definition) is 3. The van der Waals surface area contributed by atoms with Crippen LogP contribution in [0.25, 0.3) is 11.3 Å². The number of likely N-dealkylation sites (tertiary alicyclic amines) is 1. The molecule has 7 nitrogen and oxygen atoms in total. The van der Waals surface area contributed by atoms with Gasteiger partial charge in [0.05, 0.1) is 18.4 Å². The van der Waals surface area contributed by atoms with Crippen LogP contribution >= 0.6 is 0 Å². The van der Waals surface area contributed by atoms with Gasteiger partial charge < -0.3 is 20.7 Å². The van der Waals surface area contributed by atoms with Crippen molar-refractivity contribution in [3.8, 4) is 11.3 Å². The lowest BCUT2D eigenvalue weighted by molar-refractivity contribution is -0.147. The zero-order chi connectivity index (χ0) is 16.4. The molecule has 1 fully saturated rings. The van der Waals surface area contributed by atoms with Crippen LogP contribution in [0.5, 0.6) is 0 Å². The number of aromatic nitrogens is 2. The first-order valence-corrected chi connectivity index (χ1v) is 7.42. The molecule has 0 spiro atoms. The van der Waals surface area contributed by atoms with Crippen molar-refractivity contribution in [1.29, 1.82) is 0 Å². The van der Waals surface area contributed by atoms with E-state index in [4.69, 9.17) is 5.73 Å². The molecule has 0 aliphatic carbocycles. The number of rotatable bonds is 4. The molecule has 2 atom stereocenters. The van der Waals surface area contributed by atoms with Crippen LogP contribution in [0.1, 0.15) is 18.2 Å². The van der Waals surface area contributed by atoms with Crippen molar-refractivity contribution >= 4 is 11.9 Å². The number of aromatic amines is 1.